The van der Waals surface area contributed by atoms with Gasteiger partial charge in [-0.05, 0) is 92.3 Å². The van der Waals surface area contributed by atoms with E-state index in [0.717, 1.165) is 39.2 Å². The third-order valence-corrected chi connectivity index (χ3v) is 21.6. The number of methoxy groups -OCH3 is 1. The SMILES string of the molecule is CO[C@@H]1[C@@H](O)[C@H](O[C@@H]2[C@@H](O)[C@H](O[C@H]3[C@H](O)[C@@H](O[C@@H]4OC[C@@H](O)[C@H](O)[C@H]4O)[C@H](O[C@H]4[C@H](O[C@H]5CC[C@]6(C)C7=CC[C@]8(C)[C@@H](C(C)=O)CC[C@@]8(C)[C@@H]7CC[C@H]6C5(C)C)OC[C@@H](OS(=O)(=O)O)[C@@H]4O)O[C@@H]3C)O[C@H](COS(=O)(=O)O)[C@H]2O)O[C@H](CO)[C@H]1O. The van der Waals surface area contributed by atoms with Crippen molar-refractivity contribution in [2.75, 3.05) is 33.5 Å². The standard InChI is InChI=1S/C53H86O30S2/c1-21(55)23-11-15-53(7)25-9-10-30-50(3,4)31(13-14-51(30,5)24(25)12-16-52(23,53)6)78-48-43(35(60)29(19-73-48)83-85(68,69)70)82-49-44(81-45-36(61)32(57)26(56)18-72-45)37(62)40(22(2)75-49)79-47-39(64)42(34(59)28(77-47)20-74-84(65,66)67)80-46-38(63)41(71-8)33(58)27(17-54)76-46/h12,22-23,25-49,54,56-64H,9-11,13-20H2,1-8H3,(H,65,66,67)(H,68,69,70)/t22-,23-,25-,26-,27-,28-,29-,30+,31+,32+,33-,34-,35+,36-,37+,38-,39-,40-,41+,42+,43-,44-,45+,46+,47+,48+,49+,51-,52-,53+/m1/s1. The lowest BCUT2D eigenvalue weighted by molar-refractivity contribution is -0.403. The summed E-state index contributed by atoms with van der Waals surface area (Å²) in [6.45, 7) is 10.8. The minimum absolute atomic E-state index is 0.0271. The summed E-state index contributed by atoms with van der Waals surface area (Å²) < 4.78 is 142. The van der Waals surface area contributed by atoms with E-state index in [1.54, 1.807) is 6.92 Å². The Morgan fingerprint density at radius 1 is 0.612 bits per heavy atom. The van der Waals surface area contributed by atoms with E-state index >= 15 is 0 Å². The average Bonchev–Trinajstić information content (AvgIpc) is 1.73. The summed E-state index contributed by atoms with van der Waals surface area (Å²) in [6, 6.07) is 0. The van der Waals surface area contributed by atoms with Gasteiger partial charge in [-0.1, -0.05) is 46.3 Å². The molecule has 12 N–H and O–H groups in total. The lowest BCUT2D eigenvalue weighted by Gasteiger charge is -2.64. The fraction of sp³-hybridized carbons (Fsp3) is 0.943. The van der Waals surface area contributed by atoms with Gasteiger partial charge in [0, 0.05) is 13.0 Å². The van der Waals surface area contributed by atoms with Gasteiger partial charge in [0.1, 0.15) is 110 Å². The zero-order chi connectivity index (χ0) is 62.4. The molecule has 490 valence electrons. The summed E-state index contributed by atoms with van der Waals surface area (Å²) >= 11 is 0. The van der Waals surface area contributed by atoms with Gasteiger partial charge in [-0.25, -0.2) is 8.37 Å². The molecule has 8 fully saturated rings. The van der Waals surface area contributed by atoms with E-state index in [4.69, 9.17) is 56.3 Å². The lowest BCUT2D eigenvalue weighted by atomic mass is 9.41. The van der Waals surface area contributed by atoms with Gasteiger partial charge in [0.05, 0.1) is 38.6 Å². The van der Waals surface area contributed by atoms with E-state index < -0.39 is 200 Å². The molecule has 0 amide bonds. The van der Waals surface area contributed by atoms with Crippen molar-refractivity contribution in [2.24, 2.45) is 39.4 Å². The number of carbonyl (C=O) groups excluding carboxylic acids is 1. The summed E-state index contributed by atoms with van der Waals surface area (Å²) in [7, 11) is -9.39. The van der Waals surface area contributed by atoms with Crippen LogP contribution in [0.3, 0.4) is 0 Å². The van der Waals surface area contributed by atoms with E-state index in [9.17, 15) is 81.8 Å². The summed E-state index contributed by atoms with van der Waals surface area (Å²) in [5.74, 6) is 0.479. The Morgan fingerprint density at radius 2 is 1.21 bits per heavy atom. The van der Waals surface area contributed by atoms with Crippen LogP contribution >= 0.6 is 0 Å². The monoisotopic (exact) mass is 1270 g/mol. The van der Waals surface area contributed by atoms with Crippen LogP contribution in [0.2, 0.25) is 0 Å². The molecule has 85 heavy (non-hydrogen) atoms. The van der Waals surface area contributed by atoms with E-state index in [2.05, 4.69) is 44.9 Å². The number of allylic oxidation sites excluding steroid dienone is 2. The van der Waals surface area contributed by atoms with Gasteiger partial charge in [-0.2, -0.15) is 16.8 Å². The molecule has 5 saturated heterocycles. The van der Waals surface area contributed by atoms with Crippen molar-refractivity contribution in [3.8, 4) is 0 Å². The van der Waals surface area contributed by atoms with Gasteiger partial charge in [-0.3, -0.25) is 13.9 Å². The highest BCUT2D eigenvalue weighted by Gasteiger charge is 2.66. The highest BCUT2D eigenvalue weighted by molar-refractivity contribution is 7.81. The van der Waals surface area contributed by atoms with E-state index in [-0.39, 0.29) is 39.8 Å². The number of rotatable bonds is 18. The number of aliphatic hydroxyl groups is 10. The molecule has 3 saturated carbocycles. The van der Waals surface area contributed by atoms with Gasteiger partial charge in [0.2, 0.25) is 0 Å². The molecule has 9 rings (SSSR count). The third-order valence-electron chi connectivity index (χ3n) is 20.7. The third kappa shape index (κ3) is 12.8. The molecule has 9 aliphatic rings. The van der Waals surface area contributed by atoms with Crippen LogP contribution in [0.4, 0.5) is 0 Å². The van der Waals surface area contributed by atoms with Gasteiger partial charge < -0.3 is 103 Å². The fourth-order valence-electron chi connectivity index (χ4n) is 15.9. The molecule has 0 radical (unpaired) electrons. The summed E-state index contributed by atoms with van der Waals surface area (Å²) in [5, 5.41) is 112. The molecule has 0 aromatic heterocycles. The van der Waals surface area contributed by atoms with Crippen molar-refractivity contribution in [2.45, 2.75) is 241 Å². The van der Waals surface area contributed by atoms with Crippen LogP contribution in [0, 0.1) is 39.4 Å². The largest absolute Gasteiger partial charge is 0.397 e. The van der Waals surface area contributed by atoms with Crippen LogP contribution < -0.4 is 0 Å². The van der Waals surface area contributed by atoms with Crippen molar-refractivity contribution in [3.63, 3.8) is 0 Å². The summed E-state index contributed by atoms with van der Waals surface area (Å²) in [6.07, 6.45) is -35.8. The molecule has 0 aromatic carbocycles. The predicted octanol–water partition coefficient (Wildman–Crippen LogP) is -2.72. The average molecular weight is 1270 g/mol. The number of carbonyl (C=O) groups is 1. The molecule has 4 aliphatic carbocycles. The van der Waals surface area contributed by atoms with E-state index in [1.165, 1.54) is 12.5 Å². The number of hydrogen-bond acceptors (Lipinski definition) is 28. The first-order chi connectivity index (χ1) is 39.6. The van der Waals surface area contributed by atoms with Crippen LogP contribution in [-0.2, 0) is 86.1 Å². The van der Waals surface area contributed by atoms with E-state index in [1.807, 2.05) is 0 Å². The van der Waals surface area contributed by atoms with Crippen LogP contribution in [0.1, 0.15) is 93.4 Å². The Bertz CT molecular complexity index is 2600. The molecule has 5 heterocycles. The van der Waals surface area contributed by atoms with Crippen LogP contribution in [0.15, 0.2) is 11.6 Å². The van der Waals surface area contributed by atoms with Gasteiger partial charge in [-0.15, -0.1) is 0 Å². The zero-order valence-corrected chi connectivity index (χ0v) is 50.1. The number of hydrogen-bond donors (Lipinski definition) is 12. The fourth-order valence-corrected chi connectivity index (χ4v) is 16.7. The first-order valence-electron chi connectivity index (χ1n) is 28.8. The number of fused-ring (bicyclic) bond motifs is 5. The maximum absolute atomic E-state index is 13.0. The first kappa shape index (κ1) is 67.7. The summed E-state index contributed by atoms with van der Waals surface area (Å²) in [5.41, 5.74) is 0.201. The van der Waals surface area contributed by atoms with Crippen LogP contribution in [0.5, 0.6) is 0 Å². The number of ether oxygens (including phenoxy) is 11. The minimum Gasteiger partial charge on any atom is -0.394 e. The maximum Gasteiger partial charge on any atom is 0.397 e. The van der Waals surface area contributed by atoms with Crippen LogP contribution in [-0.4, -0.2) is 264 Å². The molecule has 0 unspecified atom stereocenters. The molecule has 5 aliphatic heterocycles. The highest BCUT2D eigenvalue weighted by atomic mass is 32.3. The topological polar surface area (TPSA) is 448 Å². The van der Waals surface area contributed by atoms with Crippen LogP contribution in [0.25, 0.3) is 0 Å². The molecule has 32 heteroatoms. The highest BCUT2D eigenvalue weighted by Crippen LogP contribution is 2.72. The van der Waals surface area contributed by atoms with Crippen molar-refractivity contribution >= 4 is 26.6 Å². The second kappa shape index (κ2) is 25.4. The predicted molar refractivity (Wildman–Crippen MR) is 281 cm³/mol. The van der Waals surface area contributed by atoms with Crippen molar-refractivity contribution in [3.05, 3.63) is 11.6 Å². The Balaban J connectivity index is 0.994. The van der Waals surface area contributed by atoms with E-state index in [0.29, 0.717) is 12.8 Å². The van der Waals surface area contributed by atoms with Gasteiger partial charge in [0.15, 0.2) is 31.5 Å². The van der Waals surface area contributed by atoms with Crippen molar-refractivity contribution < 1.29 is 142 Å². The van der Waals surface area contributed by atoms with Gasteiger partial charge in [0.25, 0.3) is 0 Å². The van der Waals surface area contributed by atoms with Gasteiger partial charge >= 0.3 is 20.8 Å². The quantitative estimate of drug-likeness (QED) is 0.0377. The Kier molecular flexibility index (Phi) is 20.2. The first-order valence-corrected chi connectivity index (χ1v) is 31.5. The Hall–Kier alpha value is -1.69. The molecule has 0 spiro atoms. The smallest absolute Gasteiger partial charge is 0.394 e. The zero-order valence-electron chi connectivity index (χ0n) is 48.5. The molecule has 30 nitrogen and oxygen atoms in total. The van der Waals surface area contributed by atoms with Crippen molar-refractivity contribution in [1.29, 1.82) is 0 Å². The number of Topliss-reactive ketones (excluding diaryl/α,β-unsaturated/α-hetero) is 1. The molecule has 0 aromatic rings. The molecule has 0 bridgehead atoms. The minimum atomic E-state index is -5.27. The second-order valence-electron chi connectivity index (χ2n) is 25.7. The molecule has 30 atom stereocenters. The summed E-state index contributed by atoms with van der Waals surface area (Å²) in [4.78, 5) is 13.0. The Morgan fingerprint density at radius 3 is 1.85 bits per heavy atom. The molecular formula is C53H86O30S2. The molecular weight excluding hydrogens is 1180 g/mol. The Labute approximate surface area is 492 Å². The maximum atomic E-state index is 13.0. The number of aliphatic hydroxyl groups excluding tert-OH is 10. The van der Waals surface area contributed by atoms with Crippen molar-refractivity contribution in [1.82, 2.24) is 0 Å². The normalized spacial score (nSPS) is 50.4. The lowest BCUT2D eigenvalue weighted by Crippen LogP contribution is -2.68. The second-order valence-corrected chi connectivity index (χ2v) is 27.9. The number of ketones is 1.